The molecule has 1 heterocycles. The van der Waals surface area contributed by atoms with Gasteiger partial charge in [0.1, 0.15) is 11.7 Å². The molecular weight excluding hydrogens is 705 g/mol. The number of rotatable bonds is 11. The summed E-state index contributed by atoms with van der Waals surface area (Å²) in [5.74, 6) is 0.708. The zero-order valence-corrected chi connectivity index (χ0v) is 32.1. The van der Waals surface area contributed by atoms with Crippen molar-refractivity contribution in [1.82, 2.24) is 0 Å². The van der Waals surface area contributed by atoms with Crippen LogP contribution in [-0.2, 0) is 38.9 Å². The highest BCUT2D eigenvalue weighted by atomic mass is 32.2. The Kier molecular flexibility index (Phi) is 9.88. The lowest BCUT2D eigenvalue weighted by Gasteiger charge is -2.64. The summed E-state index contributed by atoms with van der Waals surface area (Å²) in [7, 11) is -8.44. The first-order valence-electron chi connectivity index (χ1n) is 18.6. The molecule has 4 saturated carbocycles. The van der Waals surface area contributed by atoms with Crippen LogP contribution in [0.15, 0.2) is 81.3 Å². The molecule has 0 bridgehead atoms. The van der Waals surface area contributed by atoms with Gasteiger partial charge in [0, 0.05) is 11.0 Å². The van der Waals surface area contributed by atoms with Crippen LogP contribution in [0.2, 0.25) is 0 Å². The van der Waals surface area contributed by atoms with Gasteiger partial charge in [-0.25, -0.2) is 0 Å². The normalized spacial score (nSPS) is 35.3. The van der Waals surface area contributed by atoms with Crippen LogP contribution in [0.5, 0.6) is 0 Å². The second kappa shape index (κ2) is 13.6. The maximum Gasteiger partial charge on any atom is 0.297 e. The first-order chi connectivity index (χ1) is 24.5. The van der Waals surface area contributed by atoms with Crippen molar-refractivity contribution in [2.75, 3.05) is 13.2 Å². The molecule has 2 aromatic carbocycles. The van der Waals surface area contributed by atoms with Crippen molar-refractivity contribution in [2.45, 2.75) is 119 Å². The van der Waals surface area contributed by atoms with E-state index in [4.69, 9.17) is 17.5 Å². The van der Waals surface area contributed by atoms with Crippen LogP contribution < -0.4 is 0 Å². The summed E-state index contributed by atoms with van der Waals surface area (Å²) in [6.45, 7) is 7.42. The average Bonchev–Trinajstić information content (AvgIpc) is 3.73. The van der Waals surface area contributed by atoms with Gasteiger partial charge >= 0.3 is 0 Å². The van der Waals surface area contributed by atoms with Crippen LogP contribution in [0.25, 0.3) is 0 Å². The van der Waals surface area contributed by atoms with Gasteiger partial charge in [-0.3, -0.25) is 8.37 Å². The van der Waals surface area contributed by atoms with Crippen LogP contribution in [0.3, 0.4) is 0 Å². The van der Waals surface area contributed by atoms with E-state index < -0.39 is 49.6 Å². The molecule has 9 atom stereocenters. The Morgan fingerprint density at radius 1 is 0.769 bits per heavy atom. The summed E-state index contributed by atoms with van der Waals surface area (Å²) in [4.78, 5) is -0.0665. The number of aryl methyl sites for hydroxylation is 2. The highest BCUT2D eigenvalue weighted by Gasteiger charge is 2.72. The van der Waals surface area contributed by atoms with Gasteiger partial charge in [-0.1, -0.05) is 49.2 Å². The van der Waals surface area contributed by atoms with E-state index in [1.807, 2.05) is 19.9 Å². The Balaban J connectivity index is 1.04. The Morgan fingerprint density at radius 2 is 1.42 bits per heavy atom. The molecule has 1 unspecified atom stereocenters. The van der Waals surface area contributed by atoms with Gasteiger partial charge in [0.25, 0.3) is 20.2 Å². The van der Waals surface area contributed by atoms with Crippen LogP contribution in [0, 0.1) is 42.4 Å². The van der Waals surface area contributed by atoms with E-state index in [1.54, 1.807) is 36.8 Å². The van der Waals surface area contributed by atoms with Crippen molar-refractivity contribution in [3.63, 3.8) is 0 Å². The van der Waals surface area contributed by atoms with Crippen molar-refractivity contribution < 1.29 is 44.6 Å². The monoisotopic (exact) mass is 756 g/mol. The summed E-state index contributed by atoms with van der Waals surface area (Å²) in [5.41, 5.74) is -0.311. The lowest BCUT2D eigenvalue weighted by atomic mass is 9.43. The molecule has 2 N–H and O–H groups in total. The molecule has 4 fully saturated rings. The molecule has 0 amide bonds. The Bertz CT molecular complexity index is 1950. The lowest BCUT2D eigenvalue weighted by molar-refractivity contribution is -0.239. The quantitative estimate of drug-likeness (QED) is 0.200. The fourth-order valence-electron chi connectivity index (χ4n) is 10.5. The third-order valence-corrected chi connectivity index (χ3v) is 16.4. The summed E-state index contributed by atoms with van der Waals surface area (Å²) in [6.07, 6.45) is 8.67. The number of aliphatic hydroxyl groups is 2. The second-order valence-corrected chi connectivity index (χ2v) is 19.6. The molecule has 4 aliphatic rings. The largest absolute Gasteiger partial charge is 0.472 e. The van der Waals surface area contributed by atoms with Crippen LogP contribution >= 0.6 is 0 Å². The van der Waals surface area contributed by atoms with Crippen LogP contribution in [0.1, 0.15) is 88.3 Å². The maximum atomic E-state index is 13.3. The van der Waals surface area contributed by atoms with Gasteiger partial charge < -0.3 is 19.4 Å². The fraction of sp³-hybridized carbons (Fsp3) is 0.600. The molecule has 0 aliphatic heterocycles. The minimum atomic E-state index is -4.25. The zero-order valence-electron chi connectivity index (χ0n) is 30.5. The Hall–Kier alpha value is -2.58. The minimum Gasteiger partial charge on any atom is -0.472 e. The van der Waals surface area contributed by atoms with Gasteiger partial charge in [-0.15, -0.1) is 0 Å². The van der Waals surface area contributed by atoms with Crippen LogP contribution in [0.4, 0.5) is 0 Å². The van der Waals surface area contributed by atoms with E-state index in [9.17, 15) is 27.0 Å². The molecule has 0 saturated heterocycles. The summed E-state index contributed by atoms with van der Waals surface area (Å²) in [5, 5.41) is 24.6. The third-order valence-electron chi connectivity index (χ3n) is 13.8. The Labute approximate surface area is 308 Å². The van der Waals surface area contributed by atoms with E-state index in [0.29, 0.717) is 31.1 Å². The first-order valence-corrected chi connectivity index (χ1v) is 21.4. The lowest BCUT2D eigenvalue weighted by Crippen LogP contribution is -2.64. The molecule has 10 nitrogen and oxygen atoms in total. The molecule has 7 rings (SSSR count). The standard InChI is InChI=1S/C40H52O10S2/c1-27-5-10-33(11-6-27)51(43,44)49-26-32(50-52(45,46)34-12-7-28(2)8-13-34)25-48-31-15-18-37(3)29(23-31)9-14-36-35(37)16-19-38(4)39(41,20-21-40(36,38)42)30-17-22-47-24-30/h5-8,10-13,17,22,24,29,31-32,35-36,41-42H,9,14-16,18-21,23,25-26H2,1-4H3/t29-,31+,32?,35+,36-,37+,38-,39+,40+/m1/s1. The van der Waals surface area contributed by atoms with Crippen molar-refractivity contribution in [3.8, 4) is 0 Å². The molecule has 0 radical (unpaired) electrons. The number of benzene rings is 2. The summed E-state index contributed by atoms with van der Waals surface area (Å²) < 4.78 is 75.4. The van der Waals surface area contributed by atoms with E-state index in [0.717, 1.165) is 55.2 Å². The highest BCUT2D eigenvalue weighted by Crippen LogP contribution is 2.71. The average molecular weight is 757 g/mol. The molecule has 4 aliphatic carbocycles. The van der Waals surface area contributed by atoms with E-state index in [2.05, 4.69) is 13.8 Å². The van der Waals surface area contributed by atoms with Gasteiger partial charge in [0.05, 0.1) is 47.2 Å². The van der Waals surface area contributed by atoms with Crippen molar-refractivity contribution in [3.05, 3.63) is 83.8 Å². The smallest absolute Gasteiger partial charge is 0.297 e. The predicted molar refractivity (Wildman–Crippen MR) is 193 cm³/mol. The fourth-order valence-corrected chi connectivity index (χ4v) is 12.5. The highest BCUT2D eigenvalue weighted by molar-refractivity contribution is 7.87. The molecule has 0 spiro atoms. The molecule has 52 heavy (non-hydrogen) atoms. The molecule has 12 heteroatoms. The number of hydrogen-bond acceptors (Lipinski definition) is 10. The maximum absolute atomic E-state index is 13.3. The van der Waals surface area contributed by atoms with Gasteiger partial charge in [-0.05, 0) is 125 Å². The zero-order chi connectivity index (χ0) is 37.2. The minimum absolute atomic E-state index is 0.0217. The molecular formula is C40H52O10S2. The van der Waals surface area contributed by atoms with E-state index in [-0.39, 0.29) is 33.8 Å². The van der Waals surface area contributed by atoms with Crippen molar-refractivity contribution >= 4 is 20.2 Å². The van der Waals surface area contributed by atoms with Crippen molar-refractivity contribution in [1.29, 1.82) is 0 Å². The number of hydrogen-bond donors (Lipinski definition) is 2. The molecule has 1 aromatic heterocycles. The Morgan fingerprint density at radius 3 is 2.06 bits per heavy atom. The van der Waals surface area contributed by atoms with Crippen LogP contribution in [-0.4, -0.2) is 58.1 Å². The van der Waals surface area contributed by atoms with Gasteiger partial charge in [0.2, 0.25) is 0 Å². The van der Waals surface area contributed by atoms with Gasteiger partial charge in [-0.2, -0.15) is 16.8 Å². The SMILES string of the molecule is Cc1ccc(S(=O)(=O)OCC(CO[C@H]2CC[C@@]3(C)[C@H](CC[C@@H]4[C@@H]3CC[C@]3(C)[C@@](O)(c5ccoc5)CC[C@]43O)C2)OS(=O)(=O)c2ccc(C)cc2)cc1. The summed E-state index contributed by atoms with van der Waals surface area (Å²) in [6, 6.07) is 14.3. The number of ether oxygens (including phenoxy) is 1. The second-order valence-electron chi connectivity index (χ2n) is 16.4. The van der Waals surface area contributed by atoms with Gasteiger partial charge in [0.15, 0.2) is 0 Å². The molecule has 284 valence electrons. The summed E-state index contributed by atoms with van der Waals surface area (Å²) >= 11 is 0. The van der Waals surface area contributed by atoms with E-state index >= 15 is 0 Å². The molecule has 3 aromatic rings. The van der Waals surface area contributed by atoms with Crippen molar-refractivity contribution in [2.24, 2.45) is 28.6 Å². The first kappa shape index (κ1) is 37.7. The van der Waals surface area contributed by atoms with E-state index in [1.165, 1.54) is 24.3 Å². The predicted octanol–water partition coefficient (Wildman–Crippen LogP) is 6.81. The topological polar surface area (TPSA) is 150 Å². The number of furan rings is 1. The third kappa shape index (κ3) is 6.39. The number of fused-ring (bicyclic) bond motifs is 5.